The van der Waals surface area contributed by atoms with Crippen molar-refractivity contribution in [3.8, 4) is 0 Å². The number of allylic oxidation sites excluding steroid dienone is 3. The number of hydrogen-bond donors (Lipinski definition) is 0. The van der Waals surface area contributed by atoms with Gasteiger partial charge in [0, 0.05) is 5.57 Å². The van der Waals surface area contributed by atoms with Crippen molar-refractivity contribution in [1.82, 2.24) is 0 Å². The summed E-state index contributed by atoms with van der Waals surface area (Å²) in [4.78, 5) is 0. The van der Waals surface area contributed by atoms with Crippen molar-refractivity contribution < 1.29 is 4.74 Å². The molecule has 0 fully saturated rings. The zero-order chi connectivity index (χ0) is 8.55. The van der Waals surface area contributed by atoms with Crippen LogP contribution < -0.4 is 0 Å². The van der Waals surface area contributed by atoms with Crippen LogP contribution in [-0.4, -0.2) is 6.10 Å². The molecule has 1 nitrogen and oxygen atoms in total. The highest BCUT2D eigenvalue weighted by atomic mass is 16.5. The Bertz CT molecular complexity index is 281. The summed E-state index contributed by atoms with van der Waals surface area (Å²) in [6, 6.07) is 0. The van der Waals surface area contributed by atoms with Gasteiger partial charge in [-0.2, -0.15) is 0 Å². The number of hydrogen-bond acceptors (Lipinski definition) is 1. The molecule has 0 aromatic carbocycles. The van der Waals surface area contributed by atoms with E-state index < -0.39 is 0 Å². The van der Waals surface area contributed by atoms with Gasteiger partial charge in [0.05, 0.1) is 0 Å². The summed E-state index contributed by atoms with van der Waals surface area (Å²) in [5, 5.41) is 0. The Morgan fingerprint density at radius 3 is 2.92 bits per heavy atom. The van der Waals surface area contributed by atoms with Gasteiger partial charge in [0.15, 0.2) is 0 Å². The molecule has 1 heteroatoms. The van der Waals surface area contributed by atoms with Gasteiger partial charge >= 0.3 is 0 Å². The first kappa shape index (κ1) is 7.66. The topological polar surface area (TPSA) is 9.23 Å². The fourth-order valence-electron chi connectivity index (χ4n) is 1.56. The summed E-state index contributed by atoms with van der Waals surface area (Å²) in [5.74, 6) is 1.08. The van der Waals surface area contributed by atoms with E-state index in [1.54, 1.807) is 0 Å². The minimum Gasteiger partial charge on any atom is -0.486 e. The monoisotopic (exact) mass is 162 g/mol. The maximum Gasteiger partial charge on any atom is 0.123 e. The highest BCUT2D eigenvalue weighted by molar-refractivity contribution is 5.43. The van der Waals surface area contributed by atoms with Crippen molar-refractivity contribution in [3.05, 3.63) is 35.1 Å². The molecular formula is C11H14O. The molecule has 0 bridgehead atoms. The third kappa shape index (κ3) is 1.20. The van der Waals surface area contributed by atoms with Crippen LogP contribution in [0.1, 0.15) is 26.7 Å². The maximum absolute atomic E-state index is 5.73. The molecular weight excluding hydrogens is 148 g/mol. The van der Waals surface area contributed by atoms with Crippen molar-refractivity contribution in [1.29, 1.82) is 0 Å². The number of fused-ring (bicyclic) bond motifs is 1. The molecule has 2 rings (SSSR count). The van der Waals surface area contributed by atoms with E-state index in [1.807, 2.05) is 0 Å². The van der Waals surface area contributed by atoms with Gasteiger partial charge in [-0.3, -0.25) is 0 Å². The van der Waals surface area contributed by atoms with Crippen molar-refractivity contribution in [2.75, 3.05) is 0 Å². The largest absolute Gasteiger partial charge is 0.486 e. The SMILES string of the molecule is CC1=CC2=CCCC=C2OC1C. The minimum absolute atomic E-state index is 0.256. The molecule has 0 N–H and O–H groups in total. The van der Waals surface area contributed by atoms with Gasteiger partial charge in [0.1, 0.15) is 11.9 Å². The third-order valence-electron chi connectivity index (χ3n) is 2.47. The van der Waals surface area contributed by atoms with Gasteiger partial charge in [0.2, 0.25) is 0 Å². The molecule has 0 aromatic heterocycles. The van der Waals surface area contributed by atoms with Gasteiger partial charge in [-0.1, -0.05) is 6.08 Å². The summed E-state index contributed by atoms with van der Waals surface area (Å²) < 4.78 is 5.73. The zero-order valence-electron chi connectivity index (χ0n) is 7.63. The van der Waals surface area contributed by atoms with E-state index >= 15 is 0 Å². The summed E-state index contributed by atoms with van der Waals surface area (Å²) >= 11 is 0. The number of rotatable bonds is 0. The van der Waals surface area contributed by atoms with Gasteiger partial charge in [0.25, 0.3) is 0 Å². The molecule has 1 unspecified atom stereocenters. The van der Waals surface area contributed by atoms with E-state index in [-0.39, 0.29) is 6.10 Å². The highest BCUT2D eigenvalue weighted by Crippen LogP contribution is 2.29. The highest BCUT2D eigenvalue weighted by Gasteiger charge is 2.18. The van der Waals surface area contributed by atoms with Crippen LogP contribution in [0.15, 0.2) is 35.1 Å². The first-order valence-corrected chi connectivity index (χ1v) is 4.53. The molecule has 0 aromatic rings. The van der Waals surface area contributed by atoms with E-state index in [0.717, 1.165) is 18.6 Å². The van der Waals surface area contributed by atoms with E-state index in [0.29, 0.717) is 0 Å². The predicted molar refractivity (Wildman–Crippen MR) is 49.7 cm³/mol. The van der Waals surface area contributed by atoms with Gasteiger partial charge in [-0.05, 0) is 44.4 Å². The van der Waals surface area contributed by atoms with E-state index in [4.69, 9.17) is 4.74 Å². The van der Waals surface area contributed by atoms with Crippen LogP contribution >= 0.6 is 0 Å². The Balaban J connectivity index is 2.35. The first-order chi connectivity index (χ1) is 5.77. The molecule has 0 amide bonds. The predicted octanol–water partition coefficient (Wildman–Crippen LogP) is 2.96. The lowest BCUT2D eigenvalue weighted by atomic mass is 9.98. The van der Waals surface area contributed by atoms with Crippen molar-refractivity contribution in [2.24, 2.45) is 0 Å². The quantitative estimate of drug-likeness (QED) is 0.532. The van der Waals surface area contributed by atoms with E-state index in [9.17, 15) is 0 Å². The molecule has 1 aliphatic carbocycles. The Kier molecular flexibility index (Phi) is 1.80. The van der Waals surface area contributed by atoms with E-state index in [1.165, 1.54) is 11.1 Å². The van der Waals surface area contributed by atoms with Gasteiger partial charge in [-0.15, -0.1) is 0 Å². The van der Waals surface area contributed by atoms with Crippen LogP contribution in [0.5, 0.6) is 0 Å². The lowest BCUT2D eigenvalue weighted by Crippen LogP contribution is -2.16. The average molecular weight is 162 g/mol. The lowest BCUT2D eigenvalue weighted by molar-refractivity contribution is 0.160. The van der Waals surface area contributed by atoms with Gasteiger partial charge in [-0.25, -0.2) is 0 Å². The summed E-state index contributed by atoms with van der Waals surface area (Å²) in [7, 11) is 0. The Morgan fingerprint density at radius 2 is 2.08 bits per heavy atom. The summed E-state index contributed by atoms with van der Waals surface area (Å²) in [6.07, 6.45) is 9.21. The summed E-state index contributed by atoms with van der Waals surface area (Å²) in [6.45, 7) is 4.22. The third-order valence-corrected chi connectivity index (χ3v) is 2.47. The Morgan fingerprint density at radius 1 is 1.33 bits per heavy atom. The molecule has 0 saturated carbocycles. The molecule has 1 aliphatic heterocycles. The van der Waals surface area contributed by atoms with Gasteiger partial charge < -0.3 is 4.74 Å². The fourth-order valence-corrected chi connectivity index (χ4v) is 1.56. The van der Waals surface area contributed by atoms with Crippen LogP contribution in [0.4, 0.5) is 0 Å². The molecule has 2 aliphatic rings. The van der Waals surface area contributed by atoms with Crippen molar-refractivity contribution >= 4 is 0 Å². The van der Waals surface area contributed by atoms with Crippen molar-refractivity contribution in [3.63, 3.8) is 0 Å². The fraction of sp³-hybridized carbons (Fsp3) is 0.455. The van der Waals surface area contributed by atoms with Crippen LogP contribution in [0, 0.1) is 0 Å². The Hall–Kier alpha value is -0.980. The van der Waals surface area contributed by atoms with Crippen LogP contribution in [0.3, 0.4) is 0 Å². The summed E-state index contributed by atoms with van der Waals surface area (Å²) in [5.41, 5.74) is 2.59. The molecule has 0 saturated heterocycles. The second kappa shape index (κ2) is 2.81. The molecule has 1 heterocycles. The minimum atomic E-state index is 0.256. The van der Waals surface area contributed by atoms with E-state index in [2.05, 4.69) is 32.1 Å². The molecule has 12 heavy (non-hydrogen) atoms. The number of ether oxygens (including phenoxy) is 1. The second-order valence-electron chi connectivity index (χ2n) is 3.45. The molecule has 0 radical (unpaired) electrons. The van der Waals surface area contributed by atoms with Crippen LogP contribution in [0.2, 0.25) is 0 Å². The smallest absolute Gasteiger partial charge is 0.123 e. The second-order valence-corrected chi connectivity index (χ2v) is 3.45. The lowest BCUT2D eigenvalue weighted by Gasteiger charge is -2.26. The van der Waals surface area contributed by atoms with Crippen LogP contribution in [-0.2, 0) is 4.74 Å². The normalized spacial score (nSPS) is 27.8. The Labute approximate surface area is 73.4 Å². The molecule has 64 valence electrons. The van der Waals surface area contributed by atoms with Crippen molar-refractivity contribution in [2.45, 2.75) is 32.8 Å². The maximum atomic E-state index is 5.73. The van der Waals surface area contributed by atoms with Crippen LogP contribution in [0.25, 0.3) is 0 Å². The average Bonchev–Trinajstić information content (AvgIpc) is 2.07. The molecule has 1 atom stereocenters. The first-order valence-electron chi connectivity index (χ1n) is 4.53. The zero-order valence-corrected chi connectivity index (χ0v) is 7.63. The standard InChI is InChI=1S/C11H14O/c1-8-7-10-5-3-4-6-11(10)12-9(8)2/h5-7,9H,3-4H2,1-2H3. The molecule has 0 spiro atoms.